The summed E-state index contributed by atoms with van der Waals surface area (Å²) in [4.78, 5) is 61.9. The summed E-state index contributed by atoms with van der Waals surface area (Å²) in [6, 6.07) is 0. The zero-order valence-electron chi connectivity index (χ0n) is 21.2. The van der Waals surface area contributed by atoms with Crippen LogP contribution in [-0.4, -0.2) is 72.1 Å². The molecule has 0 spiro atoms. The van der Waals surface area contributed by atoms with Gasteiger partial charge in [-0.05, 0) is 39.7 Å². The van der Waals surface area contributed by atoms with Gasteiger partial charge in [-0.25, -0.2) is 14.4 Å². The molecule has 1 aliphatic carbocycles. The Hall–Kier alpha value is -3.47. The number of allylic oxidation sites excluding steroid dienone is 2. The highest BCUT2D eigenvalue weighted by Crippen LogP contribution is 2.38. The molecule has 1 heterocycles. The number of ether oxygens (including phenoxy) is 5. The van der Waals surface area contributed by atoms with E-state index in [1.165, 1.54) is 13.0 Å². The van der Waals surface area contributed by atoms with E-state index in [-0.39, 0.29) is 11.1 Å². The topological polar surface area (TPSA) is 152 Å². The van der Waals surface area contributed by atoms with Crippen molar-refractivity contribution >= 4 is 29.8 Å². The lowest BCUT2D eigenvalue weighted by Gasteiger charge is -2.36. The van der Waals surface area contributed by atoms with Gasteiger partial charge in [0.15, 0.2) is 17.8 Å². The third kappa shape index (κ3) is 6.39. The van der Waals surface area contributed by atoms with Gasteiger partial charge in [0.05, 0.1) is 18.6 Å². The average molecular weight is 509 g/mol. The highest BCUT2D eigenvalue weighted by atomic mass is 16.6. The number of hydrogen-bond acceptors (Lipinski definition) is 11. The largest absolute Gasteiger partial charge is 0.466 e. The number of methoxy groups -OCH3 is 1. The maximum atomic E-state index is 13.2. The predicted molar refractivity (Wildman–Crippen MR) is 123 cm³/mol. The summed E-state index contributed by atoms with van der Waals surface area (Å²) in [5, 5.41) is 10.8. The molecule has 1 saturated heterocycles. The van der Waals surface area contributed by atoms with Crippen LogP contribution in [0.4, 0.5) is 0 Å². The summed E-state index contributed by atoms with van der Waals surface area (Å²) in [5.74, 6) is -5.52. The molecular formula is C25H32O11. The molecule has 0 amide bonds. The van der Waals surface area contributed by atoms with Gasteiger partial charge in [-0.2, -0.15) is 0 Å². The number of aliphatic hydroxyl groups is 1. The molecule has 0 radical (unpaired) electrons. The highest BCUT2D eigenvalue weighted by Gasteiger charge is 2.52. The first kappa shape index (κ1) is 28.8. The van der Waals surface area contributed by atoms with Crippen molar-refractivity contribution in [3.05, 3.63) is 35.5 Å². The molecule has 0 saturated carbocycles. The van der Waals surface area contributed by atoms with Gasteiger partial charge in [-0.1, -0.05) is 18.2 Å². The molecule has 1 fully saturated rings. The zero-order valence-corrected chi connectivity index (χ0v) is 21.2. The van der Waals surface area contributed by atoms with Crippen LogP contribution in [-0.2, 0) is 47.7 Å². The van der Waals surface area contributed by atoms with Gasteiger partial charge in [0.2, 0.25) is 0 Å². The lowest BCUT2D eigenvalue weighted by molar-refractivity contribution is -0.196. The van der Waals surface area contributed by atoms with Crippen molar-refractivity contribution in [2.75, 3.05) is 7.11 Å². The number of fused-ring (bicyclic) bond motifs is 1. The van der Waals surface area contributed by atoms with E-state index in [2.05, 4.69) is 6.58 Å². The minimum absolute atomic E-state index is 0.0866. The molecule has 11 heteroatoms. The van der Waals surface area contributed by atoms with E-state index in [9.17, 15) is 29.1 Å². The van der Waals surface area contributed by atoms with Crippen molar-refractivity contribution in [1.82, 2.24) is 0 Å². The molecule has 198 valence electrons. The Labute approximate surface area is 209 Å². The summed E-state index contributed by atoms with van der Waals surface area (Å²) in [6.45, 7) is 10.1. The molecule has 0 unspecified atom stereocenters. The van der Waals surface area contributed by atoms with Crippen LogP contribution in [0.5, 0.6) is 0 Å². The van der Waals surface area contributed by atoms with Gasteiger partial charge in [-0.3, -0.25) is 9.59 Å². The van der Waals surface area contributed by atoms with Gasteiger partial charge in [-0.15, -0.1) is 0 Å². The van der Waals surface area contributed by atoms with Crippen molar-refractivity contribution in [2.45, 2.75) is 77.5 Å². The number of carbonyl (C=O) groups is 5. The molecule has 2 rings (SSSR count). The number of carbonyl (C=O) groups excluding carboxylic acids is 5. The molecule has 0 aromatic rings. The van der Waals surface area contributed by atoms with E-state index >= 15 is 0 Å². The van der Waals surface area contributed by atoms with E-state index in [1.54, 1.807) is 13.0 Å². The van der Waals surface area contributed by atoms with Crippen molar-refractivity contribution in [1.29, 1.82) is 0 Å². The molecule has 1 N–H and O–H groups in total. The third-order valence-corrected chi connectivity index (χ3v) is 6.08. The highest BCUT2D eigenvalue weighted by molar-refractivity contribution is 5.93. The second-order valence-corrected chi connectivity index (χ2v) is 8.92. The number of rotatable bonds is 6. The Morgan fingerprint density at radius 2 is 1.83 bits per heavy atom. The van der Waals surface area contributed by atoms with E-state index in [0.717, 1.165) is 33.5 Å². The second-order valence-electron chi connectivity index (χ2n) is 8.92. The first-order valence-corrected chi connectivity index (χ1v) is 11.3. The molecule has 0 bridgehead atoms. The average Bonchev–Trinajstić information content (AvgIpc) is 3.04. The fourth-order valence-corrected chi connectivity index (χ4v) is 3.96. The van der Waals surface area contributed by atoms with Crippen LogP contribution in [0, 0.1) is 5.92 Å². The van der Waals surface area contributed by atoms with E-state index in [4.69, 9.17) is 23.7 Å². The van der Waals surface area contributed by atoms with Gasteiger partial charge >= 0.3 is 29.8 Å². The van der Waals surface area contributed by atoms with Crippen molar-refractivity contribution in [3.8, 4) is 0 Å². The van der Waals surface area contributed by atoms with Gasteiger partial charge in [0.1, 0.15) is 12.2 Å². The Morgan fingerprint density at radius 1 is 1.19 bits per heavy atom. The minimum atomic E-state index is -2.34. The lowest BCUT2D eigenvalue weighted by Crippen LogP contribution is -2.53. The normalized spacial score (nSPS) is 29.5. The molecule has 0 aromatic heterocycles. The summed E-state index contributed by atoms with van der Waals surface area (Å²) in [5.41, 5.74) is -1.74. The molecule has 2 aliphatic rings. The van der Waals surface area contributed by atoms with Crippen LogP contribution >= 0.6 is 0 Å². The van der Waals surface area contributed by atoms with E-state index < -0.39 is 65.8 Å². The number of esters is 5. The van der Waals surface area contributed by atoms with Crippen molar-refractivity contribution in [3.63, 3.8) is 0 Å². The lowest BCUT2D eigenvalue weighted by atomic mass is 9.83. The third-order valence-electron chi connectivity index (χ3n) is 6.08. The predicted octanol–water partition coefficient (Wildman–Crippen LogP) is 1.47. The second kappa shape index (κ2) is 11.5. The van der Waals surface area contributed by atoms with Gasteiger partial charge < -0.3 is 28.8 Å². The molecule has 1 aliphatic heterocycles. The smallest absolute Gasteiger partial charge is 0.342 e. The maximum Gasteiger partial charge on any atom is 0.342 e. The Balaban J connectivity index is 2.68. The first-order chi connectivity index (χ1) is 16.7. The molecular weight excluding hydrogens is 476 g/mol. The summed E-state index contributed by atoms with van der Waals surface area (Å²) in [6.07, 6.45) is -1.39. The molecule has 11 nitrogen and oxygen atoms in total. The van der Waals surface area contributed by atoms with Crippen LogP contribution < -0.4 is 0 Å². The fraction of sp³-hybridized carbons (Fsp3) is 0.560. The van der Waals surface area contributed by atoms with Crippen molar-refractivity contribution in [2.24, 2.45) is 5.92 Å². The molecule has 36 heavy (non-hydrogen) atoms. The van der Waals surface area contributed by atoms with E-state index in [0.29, 0.717) is 12.8 Å². The standard InChI is InChI=1S/C25H32O11/c1-12-9-8-10-17(23(29)32-7)20(34-16(5)27)21(19-13(2)22(28)35-18(19)11-12)36-24(30)25(6,31)14(3)33-15(4)26/h10-11,14,18-21,31H,2,8-9H2,1,3-7H3/b12-11+,17-10+/t14-,18+,19-,20-,21-,25-/m0/s1. The Kier molecular flexibility index (Phi) is 9.20. The zero-order chi connectivity index (χ0) is 27.4. The minimum Gasteiger partial charge on any atom is -0.466 e. The maximum absolute atomic E-state index is 13.2. The van der Waals surface area contributed by atoms with Crippen LogP contribution in [0.25, 0.3) is 0 Å². The van der Waals surface area contributed by atoms with Gasteiger partial charge in [0, 0.05) is 19.4 Å². The molecule has 0 aromatic carbocycles. The Bertz CT molecular complexity index is 1000. The van der Waals surface area contributed by atoms with E-state index in [1.807, 2.05) is 0 Å². The fourth-order valence-electron chi connectivity index (χ4n) is 3.96. The summed E-state index contributed by atoms with van der Waals surface area (Å²) in [7, 11) is 1.13. The monoisotopic (exact) mass is 508 g/mol. The Morgan fingerprint density at radius 3 is 2.39 bits per heavy atom. The summed E-state index contributed by atoms with van der Waals surface area (Å²) >= 11 is 0. The summed E-state index contributed by atoms with van der Waals surface area (Å²) < 4.78 is 26.4. The van der Waals surface area contributed by atoms with Crippen LogP contribution in [0.2, 0.25) is 0 Å². The quantitative estimate of drug-likeness (QED) is 0.240. The van der Waals surface area contributed by atoms with Gasteiger partial charge in [0.25, 0.3) is 0 Å². The first-order valence-electron chi connectivity index (χ1n) is 11.3. The SMILES string of the molecule is C=C1C(=O)O[C@@H]2/C=C(\C)CC/C=C(/C(=O)OC)[C@H](OC(C)=O)[C@@H](OC(=O)[C@@](C)(O)[C@H](C)OC(C)=O)[C@@H]12. The molecule has 6 atom stereocenters. The van der Waals surface area contributed by atoms with Crippen LogP contribution in [0.15, 0.2) is 35.5 Å². The van der Waals surface area contributed by atoms with Crippen LogP contribution in [0.3, 0.4) is 0 Å². The number of hydrogen-bond donors (Lipinski definition) is 1. The van der Waals surface area contributed by atoms with Crippen molar-refractivity contribution < 1.29 is 52.8 Å². The van der Waals surface area contributed by atoms with Crippen LogP contribution in [0.1, 0.15) is 47.5 Å².